The summed E-state index contributed by atoms with van der Waals surface area (Å²) in [7, 11) is 0. The molecule has 0 fully saturated rings. The van der Waals surface area contributed by atoms with Gasteiger partial charge in [-0.15, -0.1) is 0 Å². The molecule has 158 valence electrons. The molecule has 0 aliphatic carbocycles. The Labute approximate surface area is 181 Å². The van der Waals surface area contributed by atoms with Crippen molar-refractivity contribution in [1.29, 1.82) is 0 Å². The highest BCUT2D eigenvalue weighted by molar-refractivity contribution is 7.99. The molecule has 30 heavy (non-hydrogen) atoms. The van der Waals surface area contributed by atoms with Gasteiger partial charge in [-0.1, -0.05) is 37.7 Å². The largest absolute Gasteiger partial charge is 0.449 e. The lowest BCUT2D eigenvalue weighted by atomic mass is 10.1. The van der Waals surface area contributed by atoms with Crippen LogP contribution in [0.5, 0.6) is 0 Å². The van der Waals surface area contributed by atoms with Crippen LogP contribution < -0.4 is 5.73 Å². The number of hydrogen-bond donors (Lipinski definition) is 1. The van der Waals surface area contributed by atoms with Crippen LogP contribution in [0.4, 0.5) is 4.79 Å². The lowest BCUT2D eigenvalue weighted by molar-refractivity contribution is 0.157. The van der Waals surface area contributed by atoms with Gasteiger partial charge < -0.3 is 15.0 Å². The Hall–Kier alpha value is -2.80. The number of amides is 1. The number of nitrogens with zero attached hydrogens (tertiary/aromatic N) is 3. The van der Waals surface area contributed by atoms with Crippen LogP contribution in [0.3, 0.4) is 0 Å². The number of hydrogen-bond acceptors (Lipinski definition) is 5. The molecule has 2 N–H and O–H groups in total. The van der Waals surface area contributed by atoms with E-state index in [-0.39, 0.29) is 12.5 Å². The number of carbonyl (C=O) groups is 1. The van der Waals surface area contributed by atoms with Crippen molar-refractivity contribution >= 4 is 17.9 Å². The van der Waals surface area contributed by atoms with Gasteiger partial charge in [-0.25, -0.2) is 9.78 Å². The van der Waals surface area contributed by atoms with Gasteiger partial charge in [0.05, 0.1) is 12.2 Å². The predicted octanol–water partition coefficient (Wildman–Crippen LogP) is 4.86. The fourth-order valence-corrected chi connectivity index (χ4v) is 4.74. The number of ether oxygens (including phenoxy) is 1. The predicted molar refractivity (Wildman–Crippen MR) is 119 cm³/mol. The van der Waals surface area contributed by atoms with Gasteiger partial charge in [0, 0.05) is 23.7 Å². The molecule has 2 aromatic heterocycles. The summed E-state index contributed by atoms with van der Waals surface area (Å²) in [5, 5.41) is 1.10. The van der Waals surface area contributed by atoms with Crippen LogP contribution in [0.2, 0.25) is 0 Å². The number of rotatable bonds is 8. The third-order valence-corrected chi connectivity index (χ3v) is 5.71. The number of pyridine rings is 1. The molecule has 3 aromatic rings. The Morgan fingerprint density at radius 1 is 1.23 bits per heavy atom. The van der Waals surface area contributed by atoms with Crippen LogP contribution in [-0.4, -0.2) is 27.2 Å². The van der Waals surface area contributed by atoms with Gasteiger partial charge >= 0.3 is 6.09 Å². The van der Waals surface area contributed by atoms with Crippen molar-refractivity contribution in [3.8, 4) is 0 Å². The molecule has 0 radical (unpaired) electrons. The molecule has 2 heterocycles. The maximum atomic E-state index is 11.0. The Morgan fingerprint density at radius 2 is 1.97 bits per heavy atom. The first-order valence-electron chi connectivity index (χ1n) is 10.00. The number of aromatic nitrogens is 3. The molecular formula is C23H28N4O2S. The highest BCUT2D eigenvalue weighted by Crippen LogP contribution is 2.36. The average Bonchev–Trinajstić information content (AvgIpc) is 2.99. The highest BCUT2D eigenvalue weighted by atomic mass is 32.2. The fraction of sp³-hybridized carbons (Fsp3) is 0.348. The molecular weight excluding hydrogens is 396 g/mol. The minimum absolute atomic E-state index is 0.199. The lowest BCUT2D eigenvalue weighted by Crippen LogP contribution is -2.16. The van der Waals surface area contributed by atoms with Gasteiger partial charge in [0.25, 0.3) is 0 Å². The maximum absolute atomic E-state index is 11.0. The SMILES string of the molecule is Cc1cc(C)cc(Sc2c(C(C)C)nc(CCOC(N)=O)n2Cc2cccnc2)c1. The van der Waals surface area contributed by atoms with E-state index >= 15 is 0 Å². The molecule has 0 aliphatic heterocycles. The highest BCUT2D eigenvalue weighted by Gasteiger charge is 2.21. The number of benzene rings is 1. The first-order valence-corrected chi connectivity index (χ1v) is 10.8. The Morgan fingerprint density at radius 3 is 2.57 bits per heavy atom. The summed E-state index contributed by atoms with van der Waals surface area (Å²) >= 11 is 1.72. The fourth-order valence-electron chi connectivity index (χ4n) is 3.36. The molecule has 0 saturated heterocycles. The van der Waals surface area contributed by atoms with E-state index in [4.69, 9.17) is 15.5 Å². The zero-order valence-corrected chi connectivity index (χ0v) is 18.7. The van der Waals surface area contributed by atoms with E-state index in [1.165, 1.54) is 16.0 Å². The molecule has 0 unspecified atom stereocenters. The van der Waals surface area contributed by atoms with Crippen molar-refractivity contribution < 1.29 is 9.53 Å². The molecule has 0 spiro atoms. The summed E-state index contributed by atoms with van der Waals surface area (Å²) in [4.78, 5) is 21.4. The summed E-state index contributed by atoms with van der Waals surface area (Å²) in [6.45, 7) is 9.36. The normalized spacial score (nSPS) is 11.1. The van der Waals surface area contributed by atoms with E-state index < -0.39 is 6.09 Å². The van der Waals surface area contributed by atoms with Crippen molar-refractivity contribution in [2.75, 3.05) is 6.61 Å². The van der Waals surface area contributed by atoms with Gasteiger partial charge in [-0.3, -0.25) is 4.98 Å². The Balaban J connectivity index is 2.03. The second kappa shape index (κ2) is 9.80. The quantitative estimate of drug-likeness (QED) is 0.558. The third-order valence-electron chi connectivity index (χ3n) is 4.62. The summed E-state index contributed by atoms with van der Waals surface area (Å²) in [6.07, 6.45) is 3.36. The van der Waals surface area contributed by atoms with Crippen molar-refractivity contribution in [1.82, 2.24) is 14.5 Å². The van der Waals surface area contributed by atoms with Crippen LogP contribution in [-0.2, 0) is 17.7 Å². The molecule has 1 amide bonds. The average molecular weight is 425 g/mol. The number of aryl methyl sites for hydroxylation is 2. The molecule has 0 atom stereocenters. The van der Waals surface area contributed by atoms with Crippen LogP contribution in [0.25, 0.3) is 0 Å². The van der Waals surface area contributed by atoms with Crippen molar-refractivity contribution in [3.63, 3.8) is 0 Å². The maximum Gasteiger partial charge on any atom is 0.404 e. The van der Waals surface area contributed by atoms with E-state index in [1.54, 1.807) is 18.0 Å². The van der Waals surface area contributed by atoms with E-state index in [1.807, 2.05) is 12.3 Å². The zero-order chi connectivity index (χ0) is 21.7. The topological polar surface area (TPSA) is 83.0 Å². The zero-order valence-electron chi connectivity index (χ0n) is 17.9. The van der Waals surface area contributed by atoms with E-state index in [2.05, 4.69) is 61.5 Å². The number of primary amides is 1. The molecule has 0 bridgehead atoms. The van der Waals surface area contributed by atoms with Crippen molar-refractivity contribution in [3.05, 3.63) is 70.9 Å². The summed E-state index contributed by atoms with van der Waals surface area (Å²) in [5.41, 5.74) is 9.72. The Bertz CT molecular complexity index is 995. The van der Waals surface area contributed by atoms with Crippen molar-refractivity contribution in [2.24, 2.45) is 5.73 Å². The van der Waals surface area contributed by atoms with E-state index in [9.17, 15) is 4.79 Å². The number of nitrogens with two attached hydrogens (primary N) is 1. The van der Waals surface area contributed by atoms with Gasteiger partial charge in [0.2, 0.25) is 0 Å². The molecule has 1 aromatic carbocycles. The van der Waals surface area contributed by atoms with Crippen LogP contribution in [0.15, 0.2) is 52.6 Å². The van der Waals surface area contributed by atoms with Gasteiger partial charge in [-0.2, -0.15) is 0 Å². The smallest absolute Gasteiger partial charge is 0.404 e. The van der Waals surface area contributed by atoms with Gasteiger partial charge in [0.15, 0.2) is 0 Å². The van der Waals surface area contributed by atoms with Crippen LogP contribution in [0.1, 0.15) is 48.0 Å². The summed E-state index contributed by atoms with van der Waals surface area (Å²) in [5.74, 6) is 1.13. The monoisotopic (exact) mass is 424 g/mol. The first-order chi connectivity index (χ1) is 14.3. The molecule has 3 rings (SSSR count). The molecule has 7 heteroatoms. The molecule has 0 aliphatic rings. The summed E-state index contributed by atoms with van der Waals surface area (Å²) < 4.78 is 7.18. The Kier molecular flexibility index (Phi) is 7.15. The number of imidazole rings is 1. The summed E-state index contributed by atoms with van der Waals surface area (Å²) in [6, 6.07) is 10.5. The molecule has 6 nitrogen and oxygen atoms in total. The standard InChI is InChI=1S/C23H28N4O2S/c1-15(2)21-22(30-19-11-16(3)10-17(4)12-19)27(14-18-6-5-8-25-13-18)20(26-21)7-9-29-23(24)28/h5-6,8,10-13,15H,7,9,14H2,1-4H3,(H2,24,28). The van der Waals surface area contributed by atoms with E-state index in [0.29, 0.717) is 13.0 Å². The van der Waals surface area contributed by atoms with Gasteiger partial charge in [-0.05, 0) is 54.7 Å². The van der Waals surface area contributed by atoms with Crippen molar-refractivity contribution in [2.45, 2.75) is 56.5 Å². The van der Waals surface area contributed by atoms with Crippen LogP contribution >= 0.6 is 11.8 Å². The second-order valence-corrected chi connectivity index (χ2v) is 8.73. The minimum Gasteiger partial charge on any atom is -0.449 e. The third kappa shape index (κ3) is 5.63. The van der Waals surface area contributed by atoms with Gasteiger partial charge in [0.1, 0.15) is 17.5 Å². The number of carbonyl (C=O) groups excluding carboxylic acids is 1. The van der Waals surface area contributed by atoms with E-state index in [0.717, 1.165) is 22.1 Å². The lowest BCUT2D eigenvalue weighted by Gasteiger charge is -2.14. The minimum atomic E-state index is -0.769. The van der Waals surface area contributed by atoms with Crippen LogP contribution in [0, 0.1) is 13.8 Å². The molecule has 0 saturated carbocycles. The second-order valence-electron chi connectivity index (χ2n) is 7.66. The first kappa shape index (κ1) is 21.9.